The van der Waals surface area contributed by atoms with Gasteiger partial charge in [-0.25, -0.2) is 8.42 Å². The second-order valence-electron chi connectivity index (χ2n) is 6.78. The Hall–Kier alpha value is -1.81. The minimum Gasteiger partial charge on any atom is -0.357 e. The maximum atomic E-state index is 13.3. The van der Waals surface area contributed by atoms with Crippen LogP contribution in [-0.4, -0.2) is 51.0 Å². The molecule has 0 fully saturated rings. The molecule has 0 aromatic heterocycles. The van der Waals surface area contributed by atoms with E-state index in [4.69, 9.17) is 23.2 Å². The van der Waals surface area contributed by atoms with Crippen LogP contribution in [0.2, 0.25) is 10.0 Å². The van der Waals surface area contributed by atoms with E-state index in [2.05, 4.69) is 21.2 Å². The van der Waals surface area contributed by atoms with Gasteiger partial charge in [0.15, 0.2) is 0 Å². The van der Waals surface area contributed by atoms with Crippen molar-refractivity contribution < 1.29 is 18.0 Å². The molecular formula is C20H22BrCl2N3O4S. The molecule has 168 valence electrons. The molecule has 0 saturated carbocycles. The SMILES string of the molecule is CNC(=O)C(C)N(Cc1ccc(Br)cc1)C(=O)CN(c1cccc(Cl)c1Cl)S(C)(=O)=O. The summed E-state index contributed by atoms with van der Waals surface area (Å²) < 4.78 is 26.7. The molecule has 1 unspecified atom stereocenters. The fourth-order valence-corrected chi connectivity index (χ4v) is 4.42. The molecule has 0 spiro atoms. The molecule has 2 aromatic rings. The summed E-state index contributed by atoms with van der Waals surface area (Å²) >= 11 is 15.6. The number of anilines is 1. The van der Waals surface area contributed by atoms with Crippen LogP contribution in [0.4, 0.5) is 5.69 Å². The fourth-order valence-electron chi connectivity index (χ4n) is 2.86. The Morgan fingerprint density at radius 1 is 1.13 bits per heavy atom. The van der Waals surface area contributed by atoms with Crippen LogP contribution >= 0.6 is 39.1 Å². The topological polar surface area (TPSA) is 86.8 Å². The zero-order chi connectivity index (χ0) is 23.3. The van der Waals surface area contributed by atoms with E-state index in [0.29, 0.717) is 0 Å². The Balaban J connectivity index is 2.42. The number of amides is 2. The van der Waals surface area contributed by atoms with Gasteiger partial charge in [-0.05, 0) is 36.8 Å². The van der Waals surface area contributed by atoms with Crippen molar-refractivity contribution in [2.24, 2.45) is 0 Å². The predicted octanol–water partition coefficient (Wildman–Crippen LogP) is 3.69. The number of hydrogen-bond donors (Lipinski definition) is 1. The van der Waals surface area contributed by atoms with Crippen LogP contribution in [0.3, 0.4) is 0 Å². The third-order valence-corrected chi connectivity index (χ3v) is 7.02. The minimum absolute atomic E-state index is 0.0150. The highest BCUT2D eigenvalue weighted by atomic mass is 79.9. The maximum absolute atomic E-state index is 13.3. The van der Waals surface area contributed by atoms with Crippen molar-refractivity contribution in [3.05, 3.63) is 62.5 Å². The summed E-state index contributed by atoms with van der Waals surface area (Å²) in [5.74, 6) is -0.947. The standard InChI is InChI=1S/C20H22BrCl2N3O4S/c1-13(20(28)24-2)25(11-14-7-9-15(21)10-8-14)18(27)12-26(31(3,29)30)17-6-4-5-16(22)19(17)23/h4-10,13H,11-12H2,1-3H3,(H,24,28). The molecule has 2 aromatic carbocycles. The lowest BCUT2D eigenvalue weighted by atomic mass is 10.1. The van der Waals surface area contributed by atoms with Crippen LogP contribution in [0.1, 0.15) is 12.5 Å². The van der Waals surface area contributed by atoms with Gasteiger partial charge in [0.1, 0.15) is 12.6 Å². The third kappa shape index (κ3) is 6.58. The molecule has 2 amide bonds. The van der Waals surface area contributed by atoms with Crippen LogP contribution in [0.15, 0.2) is 46.9 Å². The van der Waals surface area contributed by atoms with Crippen LogP contribution in [0, 0.1) is 0 Å². The van der Waals surface area contributed by atoms with Gasteiger partial charge in [0, 0.05) is 18.1 Å². The van der Waals surface area contributed by atoms with E-state index in [9.17, 15) is 18.0 Å². The second kappa shape index (κ2) is 10.7. The molecule has 2 rings (SSSR count). The lowest BCUT2D eigenvalue weighted by molar-refractivity contribution is -0.139. The number of nitrogens with zero attached hydrogens (tertiary/aromatic N) is 2. The smallest absolute Gasteiger partial charge is 0.244 e. The van der Waals surface area contributed by atoms with Gasteiger partial charge in [-0.15, -0.1) is 0 Å². The molecule has 0 bridgehead atoms. The van der Waals surface area contributed by atoms with Crippen LogP contribution in [0.5, 0.6) is 0 Å². The van der Waals surface area contributed by atoms with E-state index in [1.165, 1.54) is 24.1 Å². The van der Waals surface area contributed by atoms with E-state index in [-0.39, 0.29) is 28.2 Å². The molecule has 1 N–H and O–H groups in total. The average molecular weight is 551 g/mol. The summed E-state index contributed by atoms with van der Waals surface area (Å²) in [5, 5.41) is 2.69. The molecule has 1 atom stereocenters. The number of likely N-dealkylation sites (N-methyl/N-ethyl adjacent to an activating group) is 1. The van der Waals surface area contributed by atoms with Gasteiger partial charge < -0.3 is 10.2 Å². The highest BCUT2D eigenvalue weighted by molar-refractivity contribution is 9.10. The number of benzene rings is 2. The quantitative estimate of drug-likeness (QED) is 0.543. The lowest BCUT2D eigenvalue weighted by Gasteiger charge is -2.31. The normalized spacial score (nSPS) is 12.2. The van der Waals surface area contributed by atoms with E-state index in [0.717, 1.165) is 20.6 Å². The molecule has 0 heterocycles. The van der Waals surface area contributed by atoms with Crippen LogP contribution in [0.25, 0.3) is 0 Å². The van der Waals surface area contributed by atoms with Gasteiger partial charge in [-0.3, -0.25) is 13.9 Å². The first-order valence-corrected chi connectivity index (χ1v) is 12.5. The molecule has 0 aliphatic heterocycles. The van der Waals surface area contributed by atoms with Gasteiger partial charge in [-0.2, -0.15) is 0 Å². The Morgan fingerprint density at radius 3 is 2.29 bits per heavy atom. The van der Waals surface area contributed by atoms with Gasteiger partial charge >= 0.3 is 0 Å². The van der Waals surface area contributed by atoms with Crippen LogP contribution < -0.4 is 9.62 Å². The van der Waals surface area contributed by atoms with E-state index in [1.807, 2.05) is 24.3 Å². The molecular weight excluding hydrogens is 529 g/mol. The highest BCUT2D eigenvalue weighted by Crippen LogP contribution is 2.33. The zero-order valence-electron chi connectivity index (χ0n) is 17.1. The van der Waals surface area contributed by atoms with Crippen molar-refractivity contribution in [2.75, 3.05) is 24.2 Å². The van der Waals surface area contributed by atoms with E-state index < -0.39 is 28.5 Å². The highest BCUT2D eigenvalue weighted by Gasteiger charge is 2.30. The Kier molecular flexibility index (Phi) is 8.76. The van der Waals surface area contributed by atoms with Gasteiger partial charge in [0.2, 0.25) is 21.8 Å². The summed E-state index contributed by atoms with van der Waals surface area (Å²) in [6, 6.07) is 10.9. The van der Waals surface area contributed by atoms with Crippen molar-refractivity contribution in [3.8, 4) is 0 Å². The number of halogens is 3. The van der Waals surface area contributed by atoms with Gasteiger partial charge in [0.05, 0.1) is 22.0 Å². The minimum atomic E-state index is -3.88. The number of hydrogen-bond acceptors (Lipinski definition) is 4. The molecule has 0 aliphatic carbocycles. The third-order valence-electron chi connectivity index (χ3n) is 4.56. The fraction of sp³-hybridized carbons (Fsp3) is 0.300. The van der Waals surface area contributed by atoms with E-state index >= 15 is 0 Å². The van der Waals surface area contributed by atoms with Gasteiger partial charge in [0.25, 0.3) is 0 Å². The second-order valence-corrected chi connectivity index (χ2v) is 10.4. The number of rotatable bonds is 8. The van der Waals surface area contributed by atoms with Crippen LogP contribution in [-0.2, 0) is 26.2 Å². The molecule has 0 aliphatic rings. The van der Waals surface area contributed by atoms with Crippen molar-refractivity contribution in [3.63, 3.8) is 0 Å². The molecule has 11 heteroatoms. The van der Waals surface area contributed by atoms with Crippen molar-refractivity contribution in [1.82, 2.24) is 10.2 Å². The summed E-state index contributed by atoms with van der Waals surface area (Å²) in [7, 11) is -2.41. The number of carbonyl (C=O) groups excluding carboxylic acids is 2. The van der Waals surface area contributed by atoms with Crippen molar-refractivity contribution in [1.29, 1.82) is 0 Å². The molecule has 0 radical (unpaired) electrons. The monoisotopic (exact) mass is 549 g/mol. The van der Waals surface area contributed by atoms with E-state index in [1.54, 1.807) is 13.0 Å². The van der Waals surface area contributed by atoms with Crippen molar-refractivity contribution in [2.45, 2.75) is 19.5 Å². The van der Waals surface area contributed by atoms with Gasteiger partial charge in [-0.1, -0.05) is 57.3 Å². The molecule has 7 nitrogen and oxygen atoms in total. The number of nitrogens with one attached hydrogen (secondary N) is 1. The summed E-state index contributed by atoms with van der Waals surface area (Å²) in [5.41, 5.74) is 0.861. The van der Waals surface area contributed by atoms with Crippen molar-refractivity contribution >= 4 is 66.7 Å². The first-order valence-electron chi connectivity index (χ1n) is 9.13. The first kappa shape index (κ1) is 25.5. The predicted molar refractivity (Wildman–Crippen MR) is 127 cm³/mol. The summed E-state index contributed by atoms with van der Waals surface area (Å²) in [4.78, 5) is 26.8. The Morgan fingerprint density at radius 2 is 1.74 bits per heavy atom. The number of carbonyl (C=O) groups is 2. The maximum Gasteiger partial charge on any atom is 0.244 e. The molecule has 31 heavy (non-hydrogen) atoms. The lowest BCUT2D eigenvalue weighted by Crippen LogP contribution is -2.50. The summed E-state index contributed by atoms with van der Waals surface area (Å²) in [6.45, 7) is 1.14. The Bertz CT molecular complexity index is 1060. The largest absolute Gasteiger partial charge is 0.357 e. The molecule has 0 saturated heterocycles. The Labute approximate surface area is 200 Å². The summed E-state index contributed by atoms with van der Waals surface area (Å²) in [6.07, 6.45) is 0.971. The zero-order valence-corrected chi connectivity index (χ0v) is 21.0. The number of sulfonamides is 1. The average Bonchev–Trinajstić information content (AvgIpc) is 2.71. The first-order chi connectivity index (χ1) is 14.5.